The Balaban J connectivity index is 1.80. The second-order valence-corrected chi connectivity index (χ2v) is 7.56. The van der Waals surface area contributed by atoms with E-state index in [1.807, 2.05) is 19.9 Å². The predicted octanol–water partition coefficient (Wildman–Crippen LogP) is 3.09. The number of nitriles is 1. The smallest absolute Gasteiger partial charge is 0.404 e. The molecule has 1 aliphatic rings. The van der Waals surface area contributed by atoms with E-state index in [1.165, 1.54) is 0 Å². The molecule has 1 aliphatic carbocycles. The van der Waals surface area contributed by atoms with E-state index in [4.69, 9.17) is 5.11 Å². The van der Waals surface area contributed by atoms with Crippen molar-refractivity contribution in [2.24, 2.45) is 5.92 Å². The normalized spacial score (nSPS) is 18.8. The number of hydrogen-bond donors (Lipinski definition) is 4. The summed E-state index contributed by atoms with van der Waals surface area (Å²) in [5, 5.41) is 28.1. The predicted molar refractivity (Wildman–Crippen MR) is 109 cm³/mol. The van der Waals surface area contributed by atoms with Crippen LogP contribution in [-0.4, -0.2) is 39.2 Å². The Morgan fingerprint density at radius 2 is 2.10 bits per heavy atom. The summed E-state index contributed by atoms with van der Waals surface area (Å²) in [4.78, 5) is 32.2. The molecule has 2 aromatic rings. The summed E-state index contributed by atoms with van der Waals surface area (Å²) in [6, 6.07) is 5.34. The van der Waals surface area contributed by atoms with Crippen LogP contribution < -0.4 is 16.0 Å². The highest BCUT2D eigenvalue weighted by Gasteiger charge is 2.28. The minimum absolute atomic E-state index is 0.117. The van der Waals surface area contributed by atoms with E-state index < -0.39 is 6.09 Å². The van der Waals surface area contributed by atoms with Gasteiger partial charge in [0.25, 0.3) is 0 Å². The van der Waals surface area contributed by atoms with Crippen molar-refractivity contribution < 1.29 is 14.7 Å². The number of hydrogen-bond acceptors (Lipinski definition) is 6. The van der Waals surface area contributed by atoms with Gasteiger partial charge in [-0.15, -0.1) is 0 Å². The van der Waals surface area contributed by atoms with Gasteiger partial charge in [0.2, 0.25) is 5.91 Å². The number of carbonyl (C=O) groups is 2. The van der Waals surface area contributed by atoms with Crippen LogP contribution in [-0.2, 0) is 4.79 Å². The minimum Gasteiger partial charge on any atom is -0.465 e. The van der Waals surface area contributed by atoms with Crippen LogP contribution in [0, 0.1) is 17.2 Å². The number of anilines is 2. The first-order chi connectivity index (χ1) is 13.9. The molecule has 0 aromatic carbocycles. The van der Waals surface area contributed by atoms with Crippen LogP contribution in [0.4, 0.5) is 16.4 Å². The van der Waals surface area contributed by atoms with Crippen molar-refractivity contribution in [3.63, 3.8) is 0 Å². The molecule has 0 spiro atoms. The van der Waals surface area contributed by atoms with Gasteiger partial charge in [-0.25, -0.2) is 14.8 Å². The van der Waals surface area contributed by atoms with Gasteiger partial charge in [0.1, 0.15) is 23.4 Å². The van der Waals surface area contributed by atoms with Gasteiger partial charge in [0.15, 0.2) is 0 Å². The zero-order valence-corrected chi connectivity index (χ0v) is 16.4. The number of amides is 2. The van der Waals surface area contributed by atoms with Crippen molar-refractivity contribution in [1.29, 1.82) is 5.26 Å². The van der Waals surface area contributed by atoms with Gasteiger partial charge in [-0.1, -0.05) is 6.42 Å². The molecule has 2 aromatic heterocycles. The average Bonchev–Trinajstić information content (AvgIpc) is 2.67. The summed E-state index contributed by atoms with van der Waals surface area (Å²) < 4.78 is 0. The zero-order chi connectivity index (χ0) is 21.0. The van der Waals surface area contributed by atoms with Crippen LogP contribution in [0.5, 0.6) is 0 Å². The molecule has 0 saturated heterocycles. The molecule has 9 nitrogen and oxygen atoms in total. The molecule has 0 aliphatic heterocycles. The third-order valence-electron chi connectivity index (χ3n) is 4.88. The SMILES string of the molecule is CC(C)Nc1nc(C#N)cc2cnc(NC(=O)[C@H]3CCC[C@@H](NC(=O)O)C3)cc12. The number of rotatable bonds is 5. The van der Waals surface area contributed by atoms with Crippen molar-refractivity contribution in [2.75, 3.05) is 10.6 Å². The fourth-order valence-corrected chi connectivity index (χ4v) is 3.62. The highest BCUT2D eigenvalue weighted by molar-refractivity contribution is 5.97. The number of carbonyl (C=O) groups excluding carboxylic acids is 1. The molecule has 2 heterocycles. The summed E-state index contributed by atoms with van der Waals surface area (Å²) in [5.41, 5.74) is 0.290. The lowest BCUT2D eigenvalue weighted by atomic mass is 9.85. The molecule has 2 amide bonds. The van der Waals surface area contributed by atoms with Gasteiger partial charge in [-0.05, 0) is 45.2 Å². The van der Waals surface area contributed by atoms with Crippen LogP contribution in [0.15, 0.2) is 18.3 Å². The van der Waals surface area contributed by atoms with Crippen LogP contribution in [0.2, 0.25) is 0 Å². The minimum atomic E-state index is -1.07. The van der Waals surface area contributed by atoms with Gasteiger partial charge in [-0.2, -0.15) is 5.26 Å². The molecule has 4 N–H and O–H groups in total. The quantitative estimate of drug-likeness (QED) is 0.609. The van der Waals surface area contributed by atoms with Crippen LogP contribution >= 0.6 is 0 Å². The van der Waals surface area contributed by atoms with Gasteiger partial charge in [0.05, 0.1) is 0 Å². The monoisotopic (exact) mass is 396 g/mol. The van der Waals surface area contributed by atoms with Gasteiger partial charge in [-0.3, -0.25) is 4.79 Å². The molecule has 0 radical (unpaired) electrons. The van der Waals surface area contributed by atoms with Crippen LogP contribution in [0.3, 0.4) is 0 Å². The number of pyridine rings is 2. The van der Waals surface area contributed by atoms with Crippen molar-refractivity contribution in [3.8, 4) is 6.07 Å². The molecular weight excluding hydrogens is 372 g/mol. The Labute approximate surface area is 168 Å². The maximum Gasteiger partial charge on any atom is 0.404 e. The first kappa shape index (κ1) is 20.3. The summed E-state index contributed by atoms with van der Waals surface area (Å²) in [5.74, 6) is 0.517. The number of nitrogens with one attached hydrogen (secondary N) is 3. The molecule has 1 fully saturated rings. The van der Waals surface area contributed by atoms with E-state index in [1.54, 1.807) is 18.3 Å². The molecule has 29 heavy (non-hydrogen) atoms. The number of fused-ring (bicyclic) bond motifs is 1. The maximum absolute atomic E-state index is 12.7. The van der Waals surface area contributed by atoms with E-state index in [9.17, 15) is 14.9 Å². The number of aromatic nitrogens is 2. The lowest BCUT2D eigenvalue weighted by molar-refractivity contribution is -0.121. The van der Waals surface area contributed by atoms with E-state index in [0.29, 0.717) is 30.2 Å². The van der Waals surface area contributed by atoms with E-state index in [-0.39, 0.29) is 23.9 Å². The number of nitrogens with zero attached hydrogens (tertiary/aromatic N) is 3. The molecule has 3 rings (SSSR count). The average molecular weight is 396 g/mol. The molecule has 152 valence electrons. The lowest BCUT2D eigenvalue weighted by Crippen LogP contribution is -2.40. The second-order valence-electron chi connectivity index (χ2n) is 7.56. The van der Waals surface area contributed by atoms with Crippen molar-refractivity contribution in [2.45, 2.75) is 51.6 Å². The Kier molecular flexibility index (Phi) is 6.12. The molecule has 0 unspecified atom stereocenters. The van der Waals surface area contributed by atoms with Crippen molar-refractivity contribution >= 4 is 34.4 Å². The first-order valence-electron chi connectivity index (χ1n) is 9.63. The van der Waals surface area contributed by atoms with E-state index in [2.05, 4.69) is 25.9 Å². The molecular formula is C20H24N6O3. The second kappa shape index (κ2) is 8.73. The zero-order valence-electron chi connectivity index (χ0n) is 16.4. The lowest BCUT2D eigenvalue weighted by Gasteiger charge is -2.28. The fourth-order valence-electron chi connectivity index (χ4n) is 3.62. The highest BCUT2D eigenvalue weighted by atomic mass is 16.4. The van der Waals surface area contributed by atoms with Gasteiger partial charge < -0.3 is 21.1 Å². The molecule has 9 heteroatoms. The topological polar surface area (TPSA) is 140 Å². The van der Waals surface area contributed by atoms with Crippen molar-refractivity contribution in [1.82, 2.24) is 15.3 Å². The summed E-state index contributed by atoms with van der Waals surface area (Å²) >= 11 is 0. The third kappa shape index (κ3) is 5.10. The summed E-state index contributed by atoms with van der Waals surface area (Å²) in [6.45, 7) is 3.95. The summed E-state index contributed by atoms with van der Waals surface area (Å²) in [7, 11) is 0. The molecule has 1 saturated carbocycles. The van der Waals surface area contributed by atoms with Crippen molar-refractivity contribution in [3.05, 3.63) is 24.0 Å². The fraction of sp³-hybridized carbons (Fsp3) is 0.450. The maximum atomic E-state index is 12.7. The Morgan fingerprint density at radius 1 is 1.31 bits per heavy atom. The molecule has 2 atom stereocenters. The summed E-state index contributed by atoms with van der Waals surface area (Å²) in [6.07, 6.45) is 3.25. The van der Waals surface area contributed by atoms with E-state index >= 15 is 0 Å². The Morgan fingerprint density at radius 3 is 2.79 bits per heavy atom. The van der Waals surface area contributed by atoms with Crippen LogP contribution in [0.25, 0.3) is 10.8 Å². The first-order valence-corrected chi connectivity index (χ1v) is 9.63. The van der Waals surface area contributed by atoms with Crippen LogP contribution in [0.1, 0.15) is 45.2 Å². The Hall–Kier alpha value is -3.41. The van der Waals surface area contributed by atoms with E-state index in [0.717, 1.165) is 23.6 Å². The Bertz CT molecular complexity index is 969. The third-order valence-corrected chi connectivity index (χ3v) is 4.88. The largest absolute Gasteiger partial charge is 0.465 e. The van der Waals surface area contributed by atoms with Gasteiger partial charge in [0, 0.05) is 35.0 Å². The number of carboxylic acid groups (broad SMARTS) is 1. The highest BCUT2D eigenvalue weighted by Crippen LogP contribution is 2.28. The molecule has 0 bridgehead atoms. The standard InChI is InChI=1S/C20H24N6O3/c1-11(2)23-18-16-8-17(22-10-13(16)7-15(9-21)24-18)26-19(27)12-4-3-5-14(6-12)25-20(28)29/h7-8,10-12,14,25H,3-6H2,1-2H3,(H,23,24)(H,28,29)(H,22,26,27)/t12-,14+/m0/s1. The van der Waals surface area contributed by atoms with Gasteiger partial charge >= 0.3 is 6.09 Å².